The van der Waals surface area contributed by atoms with Crippen molar-refractivity contribution in [1.29, 1.82) is 5.26 Å². The van der Waals surface area contributed by atoms with Gasteiger partial charge in [0, 0.05) is 44.8 Å². The lowest BCUT2D eigenvalue weighted by Gasteiger charge is -2.35. The van der Waals surface area contributed by atoms with E-state index in [-0.39, 0.29) is 23.5 Å². The van der Waals surface area contributed by atoms with Crippen LogP contribution >= 0.6 is 0 Å². The second kappa shape index (κ2) is 9.30. The summed E-state index contributed by atoms with van der Waals surface area (Å²) < 4.78 is 13.0. The van der Waals surface area contributed by atoms with Crippen LogP contribution in [0.5, 0.6) is 0 Å². The van der Waals surface area contributed by atoms with Crippen LogP contribution in [0.25, 0.3) is 0 Å². The van der Waals surface area contributed by atoms with Crippen molar-refractivity contribution < 1.29 is 14.0 Å². The van der Waals surface area contributed by atoms with Crippen LogP contribution < -0.4 is 0 Å². The first-order valence-corrected chi connectivity index (χ1v) is 8.89. The zero-order valence-electron chi connectivity index (χ0n) is 15.3. The number of nitrogens with zero attached hydrogens (tertiary/aromatic N) is 4. The van der Waals surface area contributed by atoms with Gasteiger partial charge in [0.15, 0.2) is 0 Å². The van der Waals surface area contributed by atoms with E-state index in [1.807, 2.05) is 11.8 Å². The van der Waals surface area contributed by atoms with Crippen LogP contribution in [0.2, 0.25) is 0 Å². The van der Waals surface area contributed by atoms with E-state index in [4.69, 9.17) is 5.26 Å². The SMILES string of the molecule is CCN(CC(C)C#N)C(=O)CN1CCN(C(=O)c2ccc(F)cc2)CC1. The molecule has 26 heavy (non-hydrogen) atoms. The fourth-order valence-corrected chi connectivity index (χ4v) is 2.95. The van der Waals surface area contributed by atoms with Gasteiger partial charge in [-0.3, -0.25) is 14.5 Å². The first-order valence-electron chi connectivity index (χ1n) is 8.89. The number of hydrogen-bond donors (Lipinski definition) is 0. The molecule has 1 aromatic carbocycles. The summed E-state index contributed by atoms with van der Waals surface area (Å²) in [6.07, 6.45) is 0. The molecule has 0 spiro atoms. The first kappa shape index (κ1) is 19.9. The Labute approximate surface area is 153 Å². The Morgan fingerprint density at radius 3 is 2.38 bits per heavy atom. The van der Waals surface area contributed by atoms with Crippen molar-refractivity contribution in [1.82, 2.24) is 14.7 Å². The highest BCUT2D eigenvalue weighted by Crippen LogP contribution is 2.10. The first-order chi connectivity index (χ1) is 12.4. The lowest BCUT2D eigenvalue weighted by atomic mass is 10.1. The number of likely N-dealkylation sites (N-methyl/N-ethyl adjacent to an activating group) is 1. The van der Waals surface area contributed by atoms with Crippen LogP contribution in [0.15, 0.2) is 24.3 Å². The van der Waals surface area contributed by atoms with Gasteiger partial charge >= 0.3 is 0 Å². The average Bonchev–Trinajstić information content (AvgIpc) is 2.66. The smallest absolute Gasteiger partial charge is 0.253 e. The summed E-state index contributed by atoms with van der Waals surface area (Å²) in [6.45, 7) is 7.31. The van der Waals surface area contributed by atoms with Gasteiger partial charge in [0.2, 0.25) is 5.91 Å². The van der Waals surface area contributed by atoms with Crippen LogP contribution in [-0.4, -0.2) is 72.3 Å². The number of carbonyl (C=O) groups is 2. The number of piperazine rings is 1. The van der Waals surface area contributed by atoms with Gasteiger partial charge in [-0.25, -0.2) is 4.39 Å². The average molecular weight is 360 g/mol. The van der Waals surface area contributed by atoms with Crippen molar-refractivity contribution in [3.05, 3.63) is 35.6 Å². The molecule has 140 valence electrons. The Morgan fingerprint density at radius 1 is 1.23 bits per heavy atom. The van der Waals surface area contributed by atoms with Crippen LogP contribution in [0.1, 0.15) is 24.2 Å². The number of rotatable bonds is 6. The van der Waals surface area contributed by atoms with Gasteiger partial charge in [-0.15, -0.1) is 0 Å². The molecule has 1 fully saturated rings. The van der Waals surface area contributed by atoms with Crippen LogP contribution in [-0.2, 0) is 4.79 Å². The standard InChI is InChI=1S/C19H25FN4O2/c1-3-23(13-15(2)12-21)18(25)14-22-8-10-24(11-9-22)19(26)16-4-6-17(20)7-5-16/h4-7,15H,3,8-11,13-14H2,1-2H3. The minimum absolute atomic E-state index is 0.00733. The molecule has 0 N–H and O–H groups in total. The molecule has 1 aliphatic rings. The second-order valence-corrected chi connectivity index (χ2v) is 6.54. The number of halogens is 1. The Morgan fingerprint density at radius 2 is 1.85 bits per heavy atom. The fraction of sp³-hybridized carbons (Fsp3) is 0.526. The molecule has 6 nitrogen and oxygen atoms in total. The number of benzene rings is 1. The van der Waals surface area contributed by atoms with Crippen LogP contribution in [0.3, 0.4) is 0 Å². The van der Waals surface area contributed by atoms with Gasteiger partial charge in [-0.2, -0.15) is 5.26 Å². The quantitative estimate of drug-likeness (QED) is 0.773. The van der Waals surface area contributed by atoms with E-state index in [0.29, 0.717) is 51.4 Å². The largest absolute Gasteiger partial charge is 0.341 e. The molecule has 0 aliphatic carbocycles. The van der Waals surface area contributed by atoms with E-state index in [1.165, 1.54) is 24.3 Å². The molecule has 1 aliphatic heterocycles. The molecule has 0 bridgehead atoms. The van der Waals surface area contributed by atoms with Crippen LogP contribution in [0, 0.1) is 23.1 Å². The highest BCUT2D eigenvalue weighted by atomic mass is 19.1. The molecule has 7 heteroatoms. The number of nitriles is 1. The van der Waals surface area contributed by atoms with Gasteiger partial charge in [0.1, 0.15) is 5.82 Å². The molecule has 0 radical (unpaired) electrons. The molecule has 0 aromatic heterocycles. The molecule has 0 saturated carbocycles. The summed E-state index contributed by atoms with van der Waals surface area (Å²) >= 11 is 0. The second-order valence-electron chi connectivity index (χ2n) is 6.54. The topological polar surface area (TPSA) is 67.7 Å². The summed E-state index contributed by atoms with van der Waals surface area (Å²) in [5.41, 5.74) is 0.471. The predicted octanol–water partition coefficient (Wildman–Crippen LogP) is 1.59. The minimum Gasteiger partial charge on any atom is -0.341 e. The third-order valence-corrected chi connectivity index (χ3v) is 4.56. The maximum atomic E-state index is 13.0. The third-order valence-electron chi connectivity index (χ3n) is 4.56. The number of amides is 2. The molecule has 1 unspecified atom stereocenters. The third kappa shape index (κ3) is 5.27. The Kier molecular flexibility index (Phi) is 7.10. The Balaban J connectivity index is 1.84. The summed E-state index contributed by atoms with van der Waals surface area (Å²) in [7, 11) is 0. The molecule has 2 rings (SSSR count). The van der Waals surface area contributed by atoms with Crippen molar-refractivity contribution in [3.63, 3.8) is 0 Å². The van der Waals surface area contributed by atoms with Gasteiger partial charge < -0.3 is 9.80 Å². The highest BCUT2D eigenvalue weighted by molar-refractivity contribution is 5.94. The van der Waals surface area contributed by atoms with Crippen molar-refractivity contribution in [2.75, 3.05) is 45.8 Å². The van der Waals surface area contributed by atoms with E-state index in [1.54, 1.807) is 16.7 Å². The zero-order chi connectivity index (χ0) is 19.1. The molecule has 1 saturated heterocycles. The van der Waals surface area contributed by atoms with E-state index < -0.39 is 0 Å². The summed E-state index contributed by atoms with van der Waals surface area (Å²) in [6, 6.07) is 7.69. The van der Waals surface area contributed by atoms with Gasteiger partial charge in [0.25, 0.3) is 5.91 Å². The van der Waals surface area contributed by atoms with Crippen molar-refractivity contribution in [3.8, 4) is 6.07 Å². The Hall–Kier alpha value is -2.46. The van der Waals surface area contributed by atoms with Gasteiger partial charge in [-0.1, -0.05) is 0 Å². The monoisotopic (exact) mass is 360 g/mol. The molecular formula is C19H25FN4O2. The predicted molar refractivity (Wildman–Crippen MR) is 95.8 cm³/mol. The number of carbonyl (C=O) groups excluding carboxylic acids is 2. The molecule has 1 atom stereocenters. The van der Waals surface area contributed by atoms with Crippen molar-refractivity contribution in [2.45, 2.75) is 13.8 Å². The molecular weight excluding hydrogens is 335 g/mol. The van der Waals surface area contributed by atoms with E-state index >= 15 is 0 Å². The number of hydrogen-bond acceptors (Lipinski definition) is 4. The Bertz CT molecular complexity index is 663. The maximum absolute atomic E-state index is 13.0. The molecule has 2 amide bonds. The lowest BCUT2D eigenvalue weighted by molar-refractivity contribution is -0.132. The maximum Gasteiger partial charge on any atom is 0.253 e. The molecule has 1 aromatic rings. The summed E-state index contributed by atoms with van der Waals surface area (Å²) in [4.78, 5) is 30.3. The minimum atomic E-state index is -0.365. The van der Waals surface area contributed by atoms with E-state index in [2.05, 4.69) is 6.07 Å². The van der Waals surface area contributed by atoms with Crippen LogP contribution in [0.4, 0.5) is 4.39 Å². The van der Waals surface area contributed by atoms with E-state index in [9.17, 15) is 14.0 Å². The summed E-state index contributed by atoms with van der Waals surface area (Å²) in [5, 5.41) is 8.92. The zero-order valence-corrected chi connectivity index (χ0v) is 15.3. The van der Waals surface area contributed by atoms with Gasteiger partial charge in [0.05, 0.1) is 18.5 Å². The lowest BCUT2D eigenvalue weighted by Crippen LogP contribution is -2.51. The van der Waals surface area contributed by atoms with E-state index in [0.717, 1.165) is 0 Å². The van der Waals surface area contributed by atoms with Crippen molar-refractivity contribution >= 4 is 11.8 Å². The summed E-state index contributed by atoms with van der Waals surface area (Å²) in [5.74, 6) is -0.665. The normalized spacial score (nSPS) is 16.0. The highest BCUT2D eigenvalue weighted by Gasteiger charge is 2.25. The van der Waals surface area contributed by atoms with Gasteiger partial charge in [-0.05, 0) is 38.1 Å². The fourth-order valence-electron chi connectivity index (χ4n) is 2.95. The molecule has 1 heterocycles. The van der Waals surface area contributed by atoms with Crippen molar-refractivity contribution in [2.24, 2.45) is 5.92 Å².